The second-order valence-corrected chi connectivity index (χ2v) is 12.3. The van der Waals surface area contributed by atoms with Crippen LogP contribution in [0.4, 0.5) is 0 Å². The molecule has 0 saturated carbocycles. The SMILES string of the molecule is CC(=O)N[C@@H](CC(C)(C)C)C(=O)NC[C@H](C)NC(=O)C1CN(C(C)(C)C)CC1c1ccc(Cl)cn1. The van der Waals surface area contributed by atoms with Crippen molar-refractivity contribution < 1.29 is 14.4 Å². The van der Waals surface area contributed by atoms with Gasteiger partial charge in [-0.15, -0.1) is 0 Å². The van der Waals surface area contributed by atoms with E-state index in [-0.39, 0.29) is 53.1 Å². The highest BCUT2D eigenvalue weighted by molar-refractivity contribution is 6.30. The fourth-order valence-corrected chi connectivity index (χ4v) is 4.48. The summed E-state index contributed by atoms with van der Waals surface area (Å²) in [5.41, 5.74) is 0.643. The maximum atomic E-state index is 13.3. The van der Waals surface area contributed by atoms with Crippen LogP contribution in [-0.4, -0.2) is 64.9 Å². The number of carbonyl (C=O) groups is 3. The molecule has 3 amide bonds. The summed E-state index contributed by atoms with van der Waals surface area (Å²) in [6.07, 6.45) is 2.13. The van der Waals surface area contributed by atoms with Crippen molar-refractivity contribution in [3.05, 3.63) is 29.0 Å². The van der Waals surface area contributed by atoms with Gasteiger partial charge in [0.2, 0.25) is 17.7 Å². The molecule has 0 spiro atoms. The minimum atomic E-state index is -0.620. The van der Waals surface area contributed by atoms with E-state index in [9.17, 15) is 14.4 Å². The van der Waals surface area contributed by atoms with Crippen molar-refractivity contribution in [2.45, 2.75) is 85.4 Å². The number of carbonyl (C=O) groups excluding carboxylic acids is 3. The topological polar surface area (TPSA) is 103 Å². The second-order valence-electron chi connectivity index (χ2n) is 11.9. The Kier molecular flexibility index (Phi) is 9.71. The zero-order chi connectivity index (χ0) is 26.6. The highest BCUT2D eigenvalue weighted by Crippen LogP contribution is 2.36. The molecule has 1 aromatic rings. The molecule has 1 saturated heterocycles. The lowest BCUT2D eigenvalue weighted by atomic mass is 9.87. The van der Waals surface area contributed by atoms with Crippen molar-refractivity contribution in [3.63, 3.8) is 0 Å². The molecule has 35 heavy (non-hydrogen) atoms. The Morgan fingerprint density at radius 2 is 1.77 bits per heavy atom. The Morgan fingerprint density at radius 1 is 1.11 bits per heavy atom. The molecule has 1 aliphatic rings. The molecular weight excluding hydrogens is 466 g/mol. The summed E-state index contributed by atoms with van der Waals surface area (Å²) in [5.74, 6) is -0.881. The van der Waals surface area contributed by atoms with Crippen LogP contribution in [0.15, 0.2) is 18.3 Å². The van der Waals surface area contributed by atoms with Crippen molar-refractivity contribution in [2.24, 2.45) is 11.3 Å². The molecule has 1 fully saturated rings. The van der Waals surface area contributed by atoms with Gasteiger partial charge in [0.05, 0.1) is 10.9 Å². The monoisotopic (exact) mass is 507 g/mol. The van der Waals surface area contributed by atoms with Crippen LogP contribution in [0.2, 0.25) is 5.02 Å². The maximum Gasteiger partial charge on any atom is 0.242 e. The summed E-state index contributed by atoms with van der Waals surface area (Å²) in [4.78, 5) is 44.5. The van der Waals surface area contributed by atoms with E-state index in [1.807, 2.05) is 33.8 Å². The molecule has 1 aromatic heterocycles. The zero-order valence-corrected chi connectivity index (χ0v) is 23.1. The van der Waals surface area contributed by atoms with E-state index in [0.717, 1.165) is 12.2 Å². The van der Waals surface area contributed by atoms with Gasteiger partial charge < -0.3 is 16.0 Å². The zero-order valence-electron chi connectivity index (χ0n) is 22.4. The smallest absolute Gasteiger partial charge is 0.242 e. The highest BCUT2D eigenvalue weighted by atomic mass is 35.5. The Balaban J connectivity index is 2.03. The van der Waals surface area contributed by atoms with E-state index in [1.54, 1.807) is 12.3 Å². The van der Waals surface area contributed by atoms with Crippen LogP contribution < -0.4 is 16.0 Å². The summed E-state index contributed by atoms with van der Waals surface area (Å²) in [6.45, 7) is 17.4. The van der Waals surface area contributed by atoms with Crippen LogP contribution in [-0.2, 0) is 14.4 Å². The Morgan fingerprint density at radius 3 is 2.29 bits per heavy atom. The summed E-state index contributed by atoms with van der Waals surface area (Å²) in [5, 5.41) is 9.25. The molecule has 9 heteroatoms. The molecule has 0 bridgehead atoms. The lowest BCUT2D eigenvalue weighted by Crippen LogP contribution is -2.51. The first-order chi connectivity index (χ1) is 16.1. The van der Waals surface area contributed by atoms with Crippen LogP contribution in [0.3, 0.4) is 0 Å². The average molecular weight is 508 g/mol. The molecule has 3 N–H and O–H groups in total. The molecule has 2 rings (SSSR count). The molecule has 2 unspecified atom stereocenters. The predicted molar refractivity (Wildman–Crippen MR) is 139 cm³/mol. The van der Waals surface area contributed by atoms with Gasteiger partial charge >= 0.3 is 0 Å². The molecule has 0 aromatic carbocycles. The fourth-order valence-electron chi connectivity index (χ4n) is 4.37. The van der Waals surface area contributed by atoms with Crippen LogP contribution in [0, 0.1) is 11.3 Å². The minimum absolute atomic E-state index is 0.0517. The van der Waals surface area contributed by atoms with E-state index in [1.165, 1.54) is 6.92 Å². The quantitative estimate of drug-likeness (QED) is 0.501. The Hall–Kier alpha value is -2.19. The van der Waals surface area contributed by atoms with Gasteiger partial charge in [0, 0.05) is 55.9 Å². The lowest BCUT2D eigenvalue weighted by Gasteiger charge is -2.31. The van der Waals surface area contributed by atoms with Crippen LogP contribution >= 0.6 is 11.6 Å². The third-order valence-electron chi connectivity index (χ3n) is 6.22. The average Bonchev–Trinajstić information content (AvgIpc) is 3.17. The third kappa shape index (κ3) is 9.08. The summed E-state index contributed by atoms with van der Waals surface area (Å²) in [6, 6.07) is 2.80. The summed E-state index contributed by atoms with van der Waals surface area (Å²) < 4.78 is 0. The standard InChI is InChI=1S/C26H42ClN5O3/c1-16(12-29-24(35)22(31-17(2)33)11-25(3,4)5)30-23(34)20-15-32(26(6,7)8)14-19(20)21-10-9-18(27)13-28-21/h9-10,13,16,19-20,22H,11-12,14-15H2,1-8H3,(H,29,35)(H,30,34)(H,31,33)/t16-,19?,20?,22-/m0/s1. The fraction of sp³-hybridized carbons (Fsp3) is 0.692. The van der Waals surface area contributed by atoms with E-state index < -0.39 is 6.04 Å². The number of likely N-dealkylation sites (tertiary alicyclic amines) is 1. The Bertz CT molecular complexity index is 892. The molecule has 4 atom stereocenters. The first kappa shape index (κ1) is 29.0. The van der Waals surface area contributed by atoms with E-state index in [0.29, 0.717) is 18.0 Å². The van der Waals surface area contributed by atoms with Crippen LogP contribution in [0.5, 0.6) is 0 Å². The number of halogens is 1. The number of amides is 3. The number of pyridine rings is 1. The van der Waals surface area contributed by atoms with Crippen LogP contribution in [0.1, 0.15) is 73.4 Å². The molecule has 196 valence electrons. The van der Waals surface area contributed by atoms with Gasteiger partial charge in [-0.25, -0.2) is 0 Å². The van der Waals surface area contributed by atoms with E-state index in [2.05, 4.69) is 46.6 Å². The van der Waals surface area contributed by atoms with Crippen molar-refractivity contribution >= 4 is 29.3 Å². The number of hydrogen-bond donors (Lipinski definition) is 3. The van der Waals surface area contributed by atoms with E-state index >= 15 is 0 Å². The van der Waals surface area contributed by atoms with Crippen molar-refractivity contribution in [1.29, 1.82) is 0 Å². The molecular formula is C26H42ClN5O3. The number of aromatic nitrogens is 1. The molecule has 0 aliphatic carbocycles. The highest BCUT2D eigenvalue weighted by Gasteiger charge is 2.42. The lowest BCUT2D eigenvalue weighted by molar-refractivity contribution is -0.129. The molecule has 0 radical (unpaired) electrons. The van der Waals surface area contributed by atoms with Gasteiger partial charge in [-0.05, 0) is 51.7 Å². The van der Waals surface area contributed by atoms with Gasteiger partial charge in [0.25, 0.3) is 0 Å². The van der Waals surface area contributed by atoms with Crippen molar-refractivity contribution in [1.82, 2.24) is 25.8 Å². The summed E-state index contributed by atoms with van der Waals surface area (Å²) >= 11 is 6.02. The van der Waals surface area contributed by atoms with E-state index in [4.69, 9.17) is 11.6 Å². The molecule has 8 nitrogen and oxygen atoms in total. The first-order valence-corrected chi connectivity index (χ1v) is 12.7. The third-order valence-corrected chi connectivity index (χ3v) is 6.44. The largest absolute Gasteiger partial charge is 0.352 e. The van der Waals surface area contributed by atoms with Gasteiger partial charge in [0.1, 0.15) is 6.04 Å². The van der Waals surface area contributed by atoms with Gasteiger partial charge in [-0.3, -0.25) is 24.3 Å². The number of rotatable bonds is 8. The maximum absolute atomic E-state index is 13.3. The summed E-state index contributed by atoms with van der Waals surface area (Å²) in [7, 11) is 0. The van der Waals surface area contributed by atoms with Gasteiger partial charge in [-0.2, -0.15) is 0 Å². The second kappa shape index (κ2) is 11.7. The number of nitrogens with zero attached hydrogens (tertiary/aromatic N) is 2. The first-order valence-electron chi connectivity index (χ1n) is 12.3. The van der Waals surface area contributed by atoms with Gasteiger partial charge in [0.15, 0.2) is 0 Å². The van der Waals surface area contributed by atoms with Crippen LogP contribution in [0.25, 0.3) is 0 Å². The normalized spacial score (nSPS) is 20.7. The van der Waals surface area contributed by atoms with Gasteiger partial charge in [-0.1, -0.05) is 32.4 Å². The Labute approximate surface area is 215 Å². The number of hydrogen-bond acceptors (Lipinski definition) is 5. The predicted octanol–water partition coefficient (Wildman–Crippen LogP) is 3.11. The van der Waals surface area contributed by atoms with Crippen molar-refractivity contribution in [2.75, 3.05) is 19.6 Å². The molecule has 1 aliphatic heterocycles. The minimum Gasteiger partial charge on any atom is -0.352 e. The van der Waals surface area contributed by atoms with Crippen molar-refractivity contribution in [3.8, 4) is 0 Å². The molecule has 2 heterocycles. The number of nitrogens with one attached hydrogen (secondary N) is 3.